The first-order valence-electron chi connectivity index (χ1n) is 7.45. The molecule has 1 N–H and O–H groups in total. The fourth-order valence-electron chi connectivity index (χ4n) is 3.09. The highest BCUT2D eigenvalue weighted by Gasteiger charge is 2.29. The van der Waals surface area contributed by atoms with Crippen LogP contribution in [0.1, 0.15) is 41.1 Å². The zero-order valence-electron chi connectivity index (χ0n) is 12.1. The van der Waals surface area contributed by atoms with Gasteiger partial charge in [-0.2, -0.15) is 0 Å². The van der Waals surface area contributed by atoms with Crippen LogP contribution < -0.4 is 5.32 Å². The monoisotopic (exact) mass is 317 g/mol. The third-order valence-corrected chi connectivity index (χ3v) is 4.49. The number of hydrogen-bond acceptors (Lipinski definition) is 1. The largest absolute Gasteiger partial charge is 0.349 e. The summed E-state index contributed by atoms with van der Waals surface area (Å²) < 4.78 is 12.9. The first kappa shape index (κ1) is 15.0. The van der Waals surface area contributed by atoms with Gasteiger partial charge in [0.15, 0.2) is 0 Å². The van der Waals surface area contributed by atoms with Crippen LogP contribution in [-0.2, 0) is 0 Å². The molecule has 2 aromatic rings. The molecule has 2 unspecified atom stereocenters. The highest BCUT2D eigenvalue weighted by atomic mass is 35.5. The summed E-state index contributed by atoms with van der Waals surface area (Å²) in [6.45, 7) is 0. The smallest absolute Gasteiger partial charge is 0.251 e. The maximum atomic E-state index is 12.9. The van der Waals surface area contributed by atoms with E-state index in [0.717, 1.165) is 19.3 Å². The average molecular weight is 318 g/mol. The molecule has 0 bridgehead atoms. The maximum Gasteiger partial charge on any atom is 0.251 e. The fourth-order valence-corrected chi connectivity index (χ4v) is 3.22. The molecule has 0 aromatic heterocycles. The van der Waals surface area contributed by atoms with Crippen molar-refractivity contribution < 1.29 is 9.18 Å². The Hall–Kier alpha value is -1.87. The summed E-state index contributed by atoms with van der Waals surface area (Å²) in [7, 11) is 0. The van der Waals surface area contributed by atoms with Crippen molar-refractivity contribution in [3.8, 4) is 0 Å². The number of carbonyl (C=O) groups excluding carboxylic acids is 1. The molecule has 1 aliphatic rings. The minimum Gasteiger partial charge on any atom is -0.349 e. The molecule has 1 aliphatic carbocycles. The molecule has 0 saturated heterocycles. The Balaban J connectivity index is 1.72. The van der Waals surface area contributed by atoms with Crippen LogP contribution in [0.4, 0.5) is 4.39 Å². The van der Waals surface area contributed by atoms with Gasteiger partial charge >= 0.3 is 0 Å². The summed E-state index contributed by atoms with van der Waals surface area (Å²) >= 11 is 5.93. The molecule has 2 atom stereocenters. The minimum absolute atomic E-state index is 0.110. The van der Waals surface area contributed by atoms with Crippen LogP contribution in [0, 0.1) is 5.82 Å². The molecule has 1 saturated carbocycles. The number of halogens is 2. The first-order chi connectivity index (χ1) is 10.6. The fraction of sp³-hybridized carbons (Fsp3) is 0.278. The highest BCUT2D eigenvalue weighted by Crippen LogP contribution is 2.35. The highest BCUT2D eigenvalue weighted by molar-refractivity contribution is 6.30. The van der Waals surface area contributed by atoms with Crippen LogP contribution >= 0.6 is 11.6 Å². The molecule has 2 aromatic carbocycles. The number of amides is 1. The molecule has 0 spiro atoms. The predicted octanol–water partition coefficient (Wildman–Crippen LogP) is 4.55. The van der Waals surface area contributed by atoms with Gasteiger partial charge in [-0.15, -0.1) is 0 Å². The quantitative estimate of drug-likeness (QED) is 0.884. The van der Waals surface area contributed by atoms with Crippen molar-refractivity contribution in [2.45, 2.75) is 31.2 Å². The molecule has 2 nitrogen and oxygen atoms in total. The van der Waals surface area contributed by atoms with Crippen LogP contribution in [0.25, 0.3) is 0 Å². The van der Waals surface area contributed by atoms with Gasteiger partial charge in [-0.1, -0.05) is 30.2 Å². The van der Waals surface area contributed by atoms with Gasteiger partial charge in [-0.25, -0.2) is 4.39 Å². The number of benzene rings is 2. The molecule has 0 heterocycles. The Morgan fingerprint density at radius 2 is 1.73 bits per heavy atom. The lowest BCUT2D eigenvalue weighted by molar-refractivity contribution is 0.0934. The molecule has 3 rings (SSSR count). The van der Waals surface area contributed by atoms with E-state index in [1.54, 1.807) is 0 Å². The Labute approximate surface area is 134 Å². The molecule has 0 radical (unpaired) electrons. The van der Waals surface area contributed by atoms with Gasteiger partial charge in [-0.3, -0.25) is 4.79 Å². The van der Waals surface area contributed by atoms with Crippen molar-refractivity contribution in [3.63, 3.8) is 0 Å². The van der Waals surface area contributed by atoms with Gasteiger partial charge in [0, 0.05) is 22.5 Å². The molecule has 22 heavy (non-hydrogen) atoms. The lowest BCUT2D eigenvalue weighted by Gasteiger charge is -2.21. The summed E-state index contributed by atoms with van der Waals surface area (Å²) in [4.78, 5) is 12.3. The second-order valence-electron chi connectivity index (χ2n) is 5.68. The van der Waals surface area contributed by atoms with E-state index < -0.39 is 0 Å². The third kappa shape index (κ3) is 3.30. The predicted molar refractivity (Wildman–Crippen MR) is 85.7 cm³/mol. The van der Waals surface area contributed by atoms with Gasteiger partial charge in [0.1, 0.15) is 5.82 Å². The number of rotatable bonds is 3. The lowest BCUT2D eigenvalue weighted by atomic mass is 9.94. The van der Waals surface area contributed by atoms with Crippen molar-refractivity contribution in [3.05, 3.63) is 70.5 Å². The minimum atomic E-state index is -0.337. The number of nitrogens with one attached hydrogen (secondary N) is 1. The van der Waals surface area contributed by atoms with Crippen LogP contribution in [-0.4, -0.2) is 11.9 Å². The Kier molecular flexibility index (Phi) is 4.44. The molecule has 1 amide bonds. The van der Waals surface area contributed by atoms with E-state index in [1.807, 2.05) is 24.3 Å². The number of hydrogen-bond donors (Lipinski definition) is 1. The Morgan fingerprint density at radius 1 is 1.05 bits per heavy atom. The van der Waals surface area contributed by atoms with E-state index >= 15 is 0 Å². The summed E-state index contributed by atoms with van der Waals surface area (Å²) in [5.41, 5.74) is 1.69. The van der Waals surface area contributed by atoms with Crippen molar-refractivity contribution >= 4 is 17.5 Å². The summed E-state index contributed by atoms with van der Waals surface area (Å²) in [6.07, 6.45) is 3.10. The number of carbonyl (C=O) groups is 1. The molecular weight excluding hydrogens is 301 g/mol. The van der Waals surface area contributed by atoms with Crippen LogP contribution in [0.3, 0.4) is 0 Å². The van der Waals surface area contributed by atoms with Gasteiger partial charge in [0.25, 0.3) is 5.91 Å². The van der Waals surface area contributed by atoms with Crippen LogP contribution in [0.5, 0.6) is 0 Å². The maximum absolute atomic E-state index is 12.9. The zero-order valence-corrected chi connectivity index (χ0v) is 12.8. The van der Waals surface area contributed by atoms with Gasteiger partial charge in [0.2, 0.25) is 0 Å². The van der Waals surface area contributed by atoms with Crippen LogP contribution in [0.2, 0.25) is 5.02 Å². The van der Waals surface area contributed by atoms with E-state index in [4.69, 9.17) is 11.6 Å². The van der Waals surface area contributed by atoms with E-state index in [2.05, 4.69) is 5.32 Å². The van der Waals surface area contributed by atoms with E-state index in [0.29, 0.717) is 16.5 Å². The van der Waals surface area contributed by atoms with Crippen molar-refractivity contribution in [1.29, 1.82) is 0 Å². The topological polar surface area (TPSA) is 29.1 Å². The first-order valence-corrected chi connectivity index (χ1v) is 7.83. The summed E-state index contributed by atoms with van der Waals surface area (Å²) in [5.74, 6) is -0.177. The van der Waals surface area contributed by atoms with Crippen molar-refractivity contribution in [2.75, 3.05) is 0 Å². The summed E-state index contributed by atoms with van der Waals surface area (Å²) in [6, 6.07) is 13.6. The third-order valence-electron chi connectivity index (χ3n) is 4.24. The van der Waals surface area contributed by atoms with E-state index in [9.17, 15) is 9.18 Å². The molecule has 4 heteroatoms. The normalized spacial score (nSPS) is 20.8. The molecular formula is C18H17ClFNO. The SMILES string of the molecule is O=C(NC1CCCC1c1ccc(Cl)cc1)c1ccc(F)cc1. The van der Waals surface area contributed by atoms with Crippen molar-refractivity contribution in [1.82, 2.24) is 5.32 Å². The Bertz CT molecular complexity index is 654. The Morgan fingerprint density at radius 3 is 2.41 bits per heavy atom. The average Bonchev–Trinajstić information content (AvgIpc) is 2.97. The standard InChI is InChI=1S/C18H17ClFNO/c19-14-8-4-12(5-9-14)16-2-1-3-17(16)21-18(22)13-6-10-15(20)11-7-13/h4-11,16-17H,1-3H2,(H,21,22). The summed E-state index contributed by atoms with van der Waals surface area (Å²) in [5, 5.41) is 3.80. The second-order valence-corrected chi connectivity index (χ2v) is 6.11. The van der Waals surface area contributed by atoms with Crippen molar-refractivity contribution in [2.24, 2.45) is 0 Å². The molecule has 0 aliphatic heterocycles. The van der Waals surface area contributed by atoms with E-state index in [1.165, 1.54) is 29.8 Å². The molecule has 114 valence electrons. The van der Waals surface area contributed by atoms with Crippen LogP contribution in [0.15, 0.2) is 48.5 Å². The van der Waals surface area contributed by atoms with Gasteiger partial charge < -0.3 is 5.32 Å². The van der Waals surface area contributed by atoms with E-state index in [-0.39, 0.29) is 17.8 Å². The zero-order chi connectivity index (χ0) is 15.5. The molecule has 1 fully saturated rings. The second kappa shape index (κ2) is 6.49. The van der Waals surface area contributed by atoms with Gasteiger partial charge in [-0.05, 0) is 54.8 Å². The lowest BCUT2D eigenvalue weighted by Crippen LogP contribution is -2.36. The van der Waals surface area contributed by atoms with Gasteiger partial charge in [0.05, 0.1) is 0 Å².